The van der Waals surface area contributed by atoms with E-state index in [4.69, 9.17) is 4.98 Å². The zero-order valence-corrected chi connectivity index (χ0v) is 17.1. The molecule has 1 amide bonds. The van der Waals surface area contributed by atoms with E-state index in [1.54, 1.807) is 15.8 Å². The van der Waals surface area contributed by atoms with Crippen LogP contribution in [0, 0.1) is 20.8 Å². The molecule has 4 rings (SSSR count). The average molecular weight is 392 g/mol. The van der Waals surface area contributed by atoms with Crippen molar-refractivity contribution in [3.8, 4) is 0 Å². The van der Waals surface area contributed by atoms with Gasteiger partial charge < -0.3 is 0 Å². The molecule has 0 spiro atoms. The Labute approximate surface area is 167 Å². The van der Waals surface area contributed by atoms with E-state index in [-0.39, 0.29) is 5.91 Å². The number of rotatable bonds is 4. The summed E-state index contributed by atoms with van der Waals surface area (Å²) in [6.07, 6.45) is 3.58. The van der Waals surface area contributed by atoms with Gasteiger partial charge in [-0.1, -0.05) is 23.5 Å². The molecule has 0 N–H and O–H groups in total. The molecule has 0 aliphatic heterocycles. The molecule has 0 bridgehead atoms. The van der Waals surface area contributed by atoms with E-state index in [1.807, 2.05) is 38.4 Å². The van der Waals surface area contributed by atoms with E-state index in [2.05, 4.69) is 36.1 Å². The highest BCUT2D eigenvalue weighted by Crippen LogP contribution is 2.33. The van der Waals surface area contributed by atoms with Crippen molar-refractivity contribution in [2.75, 3.05) is 4.90 Å². The molecule has 0 unspecified atom stereocenters. The molecular formula is C21H21N5OS. The lowest BCUT2D eigenvalue weighted by atomic mass is 10.1. The van der Waals surface area contributed by atoms with Crippen LogP contribution in [0.2, 0.25) is 0 Å². The molecular weight excluding hydrogens is 370 g/mol. The molecule has 0 aliphatic rings. The summed E-state index contributed by atoms with van der Waals surface area (Å²) in [5.41, 5.74) is 5.34. The van der Waals surface area contributed by atoms with Crippen LogP contribution in [0.25, 0.3) is 10.2 Å². The van der Waals surface area contributed by atoms with Crippen LogP contribution >= 0.6 is 11.3 Å². The van der Waals surface area contributed by atoms with Gasteiger partial charge in [-0.2, -0.15) is 5.10 Å². The summed E-state index contributed by atoms with van der Waals surface area (Å²) in [5, 5.41) is 5.02. The Hall–Kier alpha value is -3.06. The van der Waals surface area contributed by atoms with Crippen LogP contribution in [0.5, 0.6) is 0 Å². The van der Waals surface area contributed by atoms with E-state index in [0.29, 0.717) is 17.4 Å². The SMILES string of the molecule is Cc1cn(C)nc1C(=O)N(Cc1ccccn1)c1nc2c(C)c(C)ccc2s1. The second-order valence-electron chi connectivity index (χ2n) is 6.90. The molecule has 0 atom stereocenters. The number of hydrogen-bond acceptors (Lipinski definition) is 5. The number of carbonyl (C=O) groups excluding carboxylic acids is 1. The second kappa shape index (κ2) is 7.16. The largest absolute Gasteiger partial charge is 0.281 e. The van der Waals surface area contributed by atoms with Crippen LogP contribution in [0.1, 0.15) is 32.9 Å². The van der Waals surface area contributed by atoms with Crippen LogP contribution in [-0.2, 0) is 13.6 Å². The zero-order chi connectivity index (χ0) is 19.8. The average Bonchev–Trinajstić information content (AvgIpc) is 3.26. The molecule has 0 saturated carbocycles. The highest BCUT2D eigenvalue weighted by molar-refractivity contribution is 7.22. The number of aromatic nitrogens is 4. The first-order chi connectivity index (χ1) is 13.4. The summed E-state index contributed by atoms with van der Waals surface area (Å²) in [6, 6.07) is 9.85. The number of anilines is 1. The second-order valence-corrected chi connectivity index (χ2v) is 7.91. The maximum absolute atomic E-state index is 13.4. The number of aryl methyl sites for hydroxylation is 4. The van der Waals surface area contributed by atoms with Gasteiger partial charge in [-0.15, -0.1) is 0 Å². The Morgan fingerprint density at radius 2 is 1.96 bits per heavy atom. The number of pyridine rings is 1. The molecule has 6 nitrogen and oxygen atoms in total. The Bertz CT molecular complexity index is 1160. The summed E-state index contributed by atoms with van der Waals surface area (Å²) >= 11 is 1.51. The van der Waals surface area contributed by atoms with Crippen molar-refractivity contribution >= 4 is 32.6 Å². The summed E-state index contributed by atoms with van der Waals surface area (Å²) in [5.74, 6) is -0.169. The summed E-state index contributed by atoms with van der Waals surface area (Å²) in [4.78, 5) is 24.3. The van der Waals surface area contributed by atoms with E-state index in [0.717, 1.165) is 27.0 Å². The number of benzene rings is 1. The van der Waals surface area contributed by atoms with Gasteiger partial charge >= 0.3 is 0 Å². The number of nitrogens with zero attached hydrogens (tertiary/aromatic N) is 5. The fraction of sp³-hybridized carbons (Fsp3) is 0.238. The van der Waals surface area contributed by atoms with Crippen LogP contribution in [-0.4, -0.2) is 25.7 Å². The summed E-state index contributed by atoms with van der Waals surface area (Å²) < 4.78 is 2.72. The Morgan fingerprint density at radius 3 is 2.64 bits per heavy atom. The van der Waals surface area contributed by atoms with Gasteiger partial charge in [0.2, 0.25) is 0 Å². The molecule has 28 heavy (non-hydrogen) atoms. The lowest BCUT2D eigenvalue weighted by molar-refractivity contribution is 0.0978. The van der Waals surface area contributed by atoms with Crippen molar-refractivity contribution in [2.24, 2.45) is 7.05 Å². The van der Waals surface area contributed by atoms with Gasteiger partial charge in [-0.05, 0) is 50.1 Å². The zero-order valence-electron chi connectivity index (χ0n) is 16.3. The number of amides is 1. The minimum Gasteiger partial charge on any atom is -0.276 e. The molecule has 7 heteroatoms. The standard InChI is InChI=1S/C21H21N5OS/c1-13-8-9-17-19(15(13)3)23-21(28-17)26(12-16-7-5-6-10-22-16)20(27)18-14(2)11-25(4)24-18/h5-11H,12H2,1-4H3. The van der Waals surface area contributed by atoms with Crippen molar-refractivity contribution in [2.45, 2.75) is 27.3 Å². The van der Waals surface area contributed by atoms with E-state index in [9.17, 15) is 4.79 Å². The first-order valence-electron chi connectivity index (χ1n) is 9.03. The molecule has 0 saturated heterocycles. The fourth-order valence-electron chi connectivity index (χ4n) is 3.16. The monoisotopic (exact) mass is 391 g/mol. The normalized spacial score (nSPS) is 11.1. The quantitative estimate of drug-likeness (QED) is 0.523. The third-order valence-corrected chi connectivity index (χ3v) is 5.85. The molecule has 3 aromatic heterocycles. The molecule has 0 aliphatic carbocycles. The van der Waals surface area contributed by atoms with Gasteiger partial charge in [0.05, 0.1) is 22.5 Å². The number of fused-ring (bicyclic) bond motifs is 1. The van der Waals surface area contributed by atoms with Crippen molar-refractivity contribution in [3.63, 3.8) is 0 Å². The van der Waals surface area contributed by atoms with Crippen molar-refractivity contribution < 1.29 is 4.79 Å². The third kappa shape index (κ3) is 3.29. The predicted molar refractivity (Wildman–Crippen MR) is 112 cm³/mol. The third-order valence-electron chi connectivity index (χ3n) is 4.81. The minimum absolute atomic E-state index is 0.169. The van der Waals surface area contributed by atoms with Gasteiger partial charge in [0.25, 0.3) is 5.91 Å². The molecule has 142 valence electrons. The number of thiazole rings is 1. The lowest BCUT2D eigenvalue weighted by Gasteiger charge is -2.18. The van der Waals surface area contributed by atoms with Crippen LogP contribution in [0.15, 0.2) is 42.7 Å². The Morgan fingerprint density at radius 1 is 1.14 bits per heavy atom. The first kappa shape index (κ1) is 18.3. The first-order valence-corrected chi connectivity index (χ1v) is 9.84. The molecule has 0 fully saturated rings. The van der Waals surface area contributed by atoms with Crippen LogP contribution in [0.3, 0.4) is 0 Å². The van der Waals surface area contributed by atoms with Crippen LogP contribution < -0.4 is 4.90 Å². The minimum atomic E-state index is -0.169. The number of carbonyl (C=O) groups is 1. The Balaban J connectivity index is 1.82. The van der Waals surface area contributed by atoms with E-state index < -0.39 is 0 Å². The maximum atomic E-state index is 13.4. The van der Waals surface area contributed by atoms with Gasteiger partial charge in [0, 0.05) is 25.0 Å². The highest BCUT2D eigenvalue weighted by atomic mass is 32.1. The van der Waals surface area contributed by atoms with Crippen LogP contribution in [0.4, 0.5) is 5.13 Å². The smallest absolute Gasteiger partial charge is 0.276 e. The Kier molecular flexibility index (Phi) is 4.68. The predicted octanol–water partition coefficient (Wildman–Crippen LogP) is 4.20. The van der Waals surface area contributed by atoms with Gasteiger partial charge in [-0.25, -0.2) is 4.98 Å². The maximum Gasteiger partial charge on any atom is 0.281 e. The van der Waals surface area contributed by atoms with E-state index >= 15 is 0 Å². The van der Waals surface area contributed by atoms with Gasteiger partial charge in [0.15, 0.2) is 10.8 Å². The molecule has 0 radical (unpaired) electrons. The summed E-state index contributed by atoms with van der Waals surface area (Å²) in [7, 11) is 1.82. The van der Waals surface area contributed by atoms with Crippen molar-refractivity contribution in [1.82, 2.24) is 19.7 Å². The van der Waals surface area contributed by atoms with E-state index in [1.165, 1.54) is 16.9 Å². The van der Waals surface area contributed by atoms with Crippen molar-refractivity contribution in [1.29, 1.82) is 0 Å². The van der Waals surface area contributed by atoms with Gasteiger partial charge in [0.1, 0.15) is 0 Å². The molecule has 1 aromatic carbocycles. The molecule has 4 aromatic rings. The van der Waals surface area contributed by atoms with Gasteiger partial charge in [-0.3, -0.25) is 19.4 Å². The lowest BCUT2D eigenvalue weighted by Crippen LogP contribution is -2.31. The summed E-state index contributed by atoms with van der Waals surface area (Å²) in [6.45, 7) is 6.37. The highest BCUT2D eigenvalue weighted by Gasteiger charge is 2.26. The number of hydrogen-bond donors (Lipinski definition) is 0. The topological polar surface area (TPSA) is 63.9 Å². The fourth-order valence-corrected chi connectivity index (χ4v) is 4.18. The van der Waals surface area contributed by atoms with Crippen molar-refractivity contribution in [3.05, 3.63) is 70.8 Å². The molecule has 3 heterocycles.